The maximum atomic E-state index is 13.8. The summed E-state index contributed by atoms with van der Waals surface area (Å²) >= 11 is 1.67. The van der Waals surface area contributed by atoms with Crippen LogP contribution in [-0.2, 0) is 16.0 Å². The third-order valence-electron chi connectivity index (χ3n) is 8.62. The van der Waals surface area contributed by atoms with Gasteiger partial charge >= 0.3 is 0 Å². The summed E-state index contributed by atoms with van der Waals surface area (Å²) in [5.74, 6) is 2.01. The maximum absolute atomic E-state index is 13.8. The highest BCUT2D eigenvalue weighted by molar-refractivity contribution is 7.98. The van der Waals surface area contributed by atoms with Gasteiger partial charge in [-0.15, -0.1) is 0 Å². The number of anilines is 1. The number of benzene rings is 1. The Morgan fingerprint density at radius 3 is 2.27 bits per heavy atom. The molecule has 240 valence electrons. The van der Waals surface area contributed by atoms with Crippen molar-refractivity contribution in [1.29, 1.82) is 0 Å². The van der Waals surface area contributed by atoms with Gasteiger partial charge in [0.2, 0.25) is 23.0 Å². The van der Waals surface area contributed by atoms with E-state index in [2.05, 4.69) is 16.0 Å². The molecule has 0 aliphatic heterocycles. The predicted molar refractivity (Wildman–Crippen MR) is 177 cm³/mol. The summed E-state index contributed by atoms with van der Waals surface area (Å²) in [6.07, 6.45) is 11.7. The average molecular weight is 626 g/mol. The minimum Gasteiger partial charge on any atom is -0.493 e. The van der Waals surface area contributed by atoms with Gasteiger partial charge < -0.3 is 30.2 Å². The summed E-state index contributed by atoms with van der Waals surface area (Å²) in [6.45, 7) is 1.48. The van der Waals surface area contributed by atoms with Crippen molar-refractivity contribution in [2.45, 2.75) is 89.3 Å². The number of carbonyl (C=O) groups excluding carboxylic acids is 2. The molecule has 0 spiro atoms. The van der Waals surface area contributed by atoms with Crippen molar-refractivity contribution in [2.75, 3.05) is 38.7 Å². The van der Waals surface area contributed by atoms with E-state index in [1.807, 2.05) is 18.4 Å². The topological polar surface area (TPSA) is 115 Å². The Bertz CT molecular complexity index is 1380. The summed E-state index contributed by atoms with van der Waals surface area (Å²) in [4.78, 5) is 39.7. The van der Waals surface area contributed by atoms with Gasteiger partial charge in [0.25, 0.3) is 0 Å². The molecule has 0 bridgehead atoms. The minimum atomic E-state index is -0.555. The number of carbonyl (C=O) groups is 2. The number of hydrogen-bond acceptors (Lipinski definition) is 8. The summed E-state index contributed by atoms with van der Waals surface area (Å²) in [5, 5.41) is 9.63. The van der Waals surface area contributed by atoms with E-state index in [0.29, 0.717) is 47.8 Å². The molecule has 2 amide bonds. The molecule has 10 heteroatoms. The fourth-order valence-electron chi connectivity index (χ4n) is 6.42. The number of amides is 2. The van der Waals surface area contributed by atoms with Gasteiger partial charge in [0, 0.05) is 18.5 Å². The van der Waals surface area contributed by atoms with Gasteiger partial charge in [-0.25, -0.2) is 0 Å². The maximum Gasteiger partial charge on any atom is 0.242 e. The lowest BCUT2D eigenvalue weighted by molar-refractivity contribution is -0.123. The Morgan fingerprint density at radius 1 is 0.932 bits per heavy atom. The summed E-state index contributed by atoms with van der Waals surface area (Å²) in [7, 11) is 4.72. The molecule has 9 nitrogen and oxygen atoms in total. The Balaban J connectivity index is 1.78. The van der Waals surface area contributed by atoms with Gasteiger partial charge in [0.1, 0.15) is 6.04 Å². The van der Waals surface area contributed by atoms with E-state index < -0.39 is 12.1 Å². The van der Waals surface area contributed by atoms with Crippen molar-refractivity contribution < 1.29 is 23.8 Å². The van der Waals surface area contributed by atoms with Gasteiger partial charge in [-0.3, -0.25) is 14.4 Å². The molecule has 0 aromatic heterocycles. The molecule has 2 aromatic rings. The molecule has 2 atom stereocenters. The Hall–Kier alpha value is -3.40. The molecule has 0 radical (unpaired) electrons. The van der Waals surface area contributed by atoms with Crippen molar-refractivity contribution in [3.63, 3.8) is 0 Å². The second kappa shape index (κ2) is 16.1. The summed E-state index contributed by atoms with van der Waals surface area (Å²) < 4.78 is 17.2. The first-order valence-electron chi connectivity index (χ1n) is 15.6. The fourth-order valence-corrected chi connectivity index (χ4v) is 6.89. The van der Waals surface area contributed by atoms with Crippen LogP contribution in [0.3, 0.4) is 0 Å². The monoisotopic (exact) mass is 625 g/mol. The normalized spacial score (nSPS) is 17.4. The summed E-state index contributed by atoms with van der Waals surface area (Å²) in [5.41, 5.74) is 3.26. The zero-order valence-electron chi connectivity index (χ0n) is 26.7. The van der Waals surface area contributed by atoms with Crippen LogP contribution in [0.15, 0.2) is 29.1 Å². The van der Waals surface area contributed by atoms with Crippen LogP contribution in [0.2, 0.25) is 0 Å². The Kier molecular flexibility index (Phi) is 12.2. The number of thioether (sulfide) groups is 1. The number of fused-ring (bicyclic) bond motifs is 3. The number of methoxy groups -OCH3 is 3. The zero-order chi connectivity index (χ0) is 31.6. The third-order valence-corrected chi connectivity index (χ3v) is 9.27. The van der Waals surface area contributed by atoms with E-state index in [4.69, 9.17) is 14.2 Å². The van der Waals surface area contributed by atoms with Gasteiger partial charge in [-0.05, 0) is 79.0 Å². The molecule has 1 fully saturated rings. The standard InChI is InChI=1S/C34H47N3O6S/c1-21(38)35-26-15-13-22-19-30(41-2)32(42-3)33(43-4)31(22)24-14-16-27(29(39)20-25(24)26)37-28(17-18-44-5)34(40)36-23-11-9-7-6-8-10-12-23/h14,16,19-20,23,26,28H,6-13,15,17-18H2,1-5H3,(H,35,38)(H,36,40)(H,37,39)/t26-,28+/m0/s1. The van der Waals surface area contributed by atoms with Crippen molar-refractivity contribution in [3.8, 4) is 28.4 Å². The lowest BCUT2D eigenvalue weighted by Gasteiger charge is -2.25. The molecule has 0 heterocycles. The van der Waals surface area contributed by atoms with Crippen LogP contribution >= 0.6 is 11.8 Å². The molecule has 44 heavy (non-hydrogen) atoms. The lowest BCUT2D eigenvalue weighted by Crippen LogP contribution is -2.45. The van der Waals surface area contributed by atoms with Crippen LogP contribution in [-0.4, -0.2) is 57.2 Å². The number of ether oxygens (including phenoxy) is 3. The second-order valence-corrected chi connectivity index (χ2v) is 12.6. The van der Waals surface area contributed by atoms with Crippen LogP contribution in [0, 0.1) is 0 Å². The molecule has 2 aliphatic carbocycles. The van der Waals surface area contributed by atoms with Crippen LogP contribution in [0.1, 0.15) is 81.9 Å². The van der Waals surface area contributed by atoms with E-state index >= 15 is 0 Å². The highest BCUT2D eigenvalue weighted by Crippen LogP contribution is 2.50. The van der Waals surface area contributed by atoms with Crippen molar-refractivity contribution in [1.82, 2.24) is 10.6 Å². The van der Waals surface area contributed by atoms with Crippen LogP contribution in [0.5, 0.6) is 17.2 Å². The SMILES string of the molecule is COc1cc2c(c(OC)c1OC)-c1ccc(N[C@H](CCSC)C(=O)NC3CCCCCCC3)c(=O)cc1[C@@H](NC(C)=O)CC2. The molecule has 3 N–H and O–H groups in total. The van der Waals surface area contributed by atoms with Crippen LogP contribution < -0.4 is 35.6 Å². The lowest BCUT2D eigenvalue weighted by atomic mass is 9.95. The molecular weight excluding hydrogens is 578 g/mol. The quantitative estimate of drug-likeness (QED) is 0.295. The Morgan fingerprint density at radius 2 is 1.64 bits per heavy atom. The van der Waals surface area contributed by atoms with Crippen molar-refractivity contribution in [2.24, 2.45) is 0 Å². The zero-order valence-corrected chi connectivity index (χ0v) is 27.5. The Labute approximate surface area is 265 Å². The number of rotatable bonds is 11. The third kappa shape index (κ3) is 8.00. The number of hydrogen-bond donors (Lipinski definition) is 3. The van der Waals surface area contributed by atoms with Gasteiger partial charge in [-0.2, -0.15) is 11.8 Å². The first kappa shape index (κ1) is 33.5. The van der Waals surface area contributed by atoms with Crippen LogP contribution in [0.25, 0.3) is 11.1 Å². The molecule has 4 rings (SSSR count). The number of aryl methyl sites for hydroxylation is 1. The smallest absolute Gasteiger partial charge is 0.242 e. The van der Waals surface area contributed by atoms with Gasteiger partial charge in [0.15, 0.2) is 11.5 Å². The van der Waals surface area contributed by atoms with Crippen LogP contribution in [0.4, 0.5) is 5.69 Å². The number of nitrogens with one attached hydrogen (secondary N) is 3. The summed E-state index contributed by atoms with van der Waals surface area (Å²) in [6, 6.07) is 6.34. The van der Waals surface area contributed by atoms with E-state index in [9.17, 15) is 14.4 Å². The first-order chi connectivity index (χ1) is 21.3. The highest BCUT2D eigenvalue weighted by Gasteiger charge is 2.30. The second-order valence-electron chi connectivity index (χ2n) is 11.6. The molecule has 2 aromatic carbocycles. The van der Waals surface area contributed by atoms with Crippen molar-refractivity contribution in [3.05, 3.63) is 45.6 Å². The van der Waals surface area contributed by atoms with Crippen molar-refractivity contribution >= 4 is 29.3 Å². The van der Waals surface area contributed by atoms with E-state index in [1.165, 1.54) is 26.2 Å². The highest BCUT2D eigenvalue weighted by atomic mass is 32.2. The van der Waals surface area contributed by atoms with Gasteiger partial charge in [-0.1, -0.05) is 38.2 Å². The fraction of sp³-hybridized carbons (Fsp3) is 0.559. The molecule has 2 aliphatic rings. The van der Waals surface area contributed by atoms with Gasteiger partial charge in [0.05, 0.1) is 33.1 Å². The first-order valence-corrected chi connectivity index (χ1v) is 17.0. The molecular formula is C34H47N3O6S. The molecule has 0 saturated heterocycles. The minimum absolute atomic E-state index is 0.0722. The largest absolute Gasteiger partial charge is 0.493 e. The average Bonchev–Trinajstić information content (AvgIpc) is 3.23. The van der Waals surface area contributed by atoms with E-state index in [0.717, 1.165) is 48.1 Å². The van der Waals surface area contributed by atoms with E-state index in [-0.39, 0.29) is 23.3 Å². The molecule has 0 unspecified atom stereocenters. The van der Waals surface area contributed by atoms with E-state index in [1.54, 1.807) is 45.2 Å². The predicted octanol–water partition coefficient (Wildman–Crippen LogP) is 5.63. The molecule has 1 saturated carbocycles.